The van der Waals surface area contributed by atoms with E-state index < -0.39 is 0 Å². The second kappa shape index (κ2) is 8.72. The first-order valence-corrected chi connectivity index (χ1v) is 7.38. The molecule has 4 nitrogen and oxygen atoms in total. The lowest BCUT2D eigenvalue weighted by Gasteiger charge is -2.18. The second-order valence-electron chi connectivity index (χ2n) is 5.13. The number of carbonyl (C=O) groups is 1. The summed E-state index contributed by atoms with van der Waals surface area (Å²) in [7, 11) is 0. The molecule has 0 spiro atoms. The summed E-state index contributed by atoms with van der Waals surface area (Å²) in [5, 5.41) is 2.90. The van der Waals surface area contributed by atoms with Gasteiger partial charge < -0.3 is 11.1 Å². The fourth-order valence-corrected chi connectivity index (χ4v) is 1.94. The van der Waals surface area contributed by atoms with Crippen LogP contribution >= 0.6 is 0 Å². The maximum absolute atomic E-state index is 11.6. The van der Waals surface area contributed by atoms with Crippen LogP contribution in [-0.4, -0.2) is 30.4 Å². The van der Waals surface area contributed by atoms with Crippen molar-refractivity contribution in [3.63, 3.8) is 0 Å². The van der Waals surface area contributed by atoms with E-state index in [4.69, 9.17) is 5.73 Å². The average molecular weight is 277 g/mol. The van der Waals surface area contributed by atoms with E-state index in [0.717, 1.165) is 25.2 Å². The molecule has 20 heavy (non-hydrogen) atoms. The van der Waals surface area contributed by atoms with E-state index in [0.29, 0.717) is 13.1 Å². The van der Waals surface area contributed by atoms with Crippen LogP contribution in [0.4, 0.5) is 0 Å². The SMILES string of the molecule is CCN(CC)Cc1ccc(CNC(=O)C(C)CN)cc1. The first-order chi connectivity index (χ1) is 9.60. The Balaban J connectivity index is 2.48. The molecule has 0 saturated carbocycles. The summed E-state index contributed by atoms with van der Waals surface area (Å²) >= 11 is 0. The predicted octanol–water partition coefficient (Wildman–Crippen LogP) is 1.74. The normalized spacial score (nSPS) is 12.4. The zero-order valence-electron chi connectivity index (χ0n) is 12.9. The zero-order valence-corrected chi connectivity index (χ0v) is 12.9. The van der Waals surface area contributed by atoms with Gasteiger partial charge in [-0.15, -0.1) is 0 Å². The van der Waals surface area contributed by atoms with Crippen LogP contribution in [0, 0.1) is 5.92 Å². The highest BCUT2D eigenvalue weighted by Gasteiger charge is 2.09. The fourth-order valence-electron chi connectivity index (χ4n) is 1.94. The number of benzene rings is 1. The maximum atomic E-state index is 11.6. The van der Waals surface area contributed by atoms with Crippen molar-refractivity contribution in [1.82, 2.24) is 10.2 Å². The van der Waals surface area contributed by atoms with Crippen LogP contribution in [0.25, 0.3) is 0 Å². The molecular weight excluding hydrogens is 250 g/mol. The van der Waals surface area contributed by atoms with E-state index in [-0.39, 0.29) is 11.8 Å². The molecule has 4 heteroatoms. The molecule has 1 rings (SSSR count). The van der Waals surface area contributed by atoms with Gasteiger partial charge >= 0.3 is 0 Å². The topological polar surface area (TPSA) is 58.4 Å². The smallest absolute Gasteiger partial charge is 0.224 e. The van der Waals surface area contributed by atoms with Gasteiger partial charge in [-0.3, -0.25) is 9.69 Å². The van der Waals surface area contributed by atoms with Crippen molar-refractivity contribution in [2.45, 2.75) is 33.9 Å². The summed E-state index contributed by atoms with van der Waals surface area (Å²) in [5.74, 6) is -0.114. The van der Waals surface area contributed by atoms with Gasteiger partial charge in [0.1, 0.15) is 0 Å². The third-order valence-corrected chi connectivity index (χ3v) is 3.59. The van der Waals surface area contributed by atoms with Crippen LogP contribution in [0.15, 0.2) is 24.3 Å². The maximum Gasteiger partial charge on any atom is 0.224 e. The zero-order chi connectivity index (χ0) is 15.0. The number of nitrogens with one attached hydrogen (secondary N) is 1. The molecule has 1 unspecified atom stereocenters. The van der Waals surface area contributed by atoms with Gasteiger partial charge in [0, 0.05) is 25.6 Å². The molecule has 0 fully saturated rings. The summed E-state index contributed by atoms with van der Waals surface area (Å²) in [6.45, 7) is 10.2. The third-order valence-electron chi connectivity index (χ3n) is 3.59. The summed E-state index contributed by atoms with van der Waals surface area (Å²) in [5.41, 5.74) is 7.89. The molecule has 0 bridgehead atoms. The highest BCUT2D eigenvalue weighted by atomic mass is 16.1. The molecule has 0 aliphatic carbocycles. The number of nitrogens with two attached hydrogens (primary N) is 1. The number of rotatable bonds is 8. The van der Waals surface area contributed by atoms with Gasteiger partial charge in [0.25, 0.3) is 0 Å². The molecule has 0 aliphatic rings. The minimum Gasteiger partial charge on any atom is -0.352 e. The lowest BCUT2D eigenvalue weighted by Crippen LogP contribution is -2.32. The van der Waals surface area contributed by atoms with E-state index in [2.05, 4.69) is 48.3 Å². The van der Waals surface area contributed by atoms with Crippen molar-refractivity contribution in [2.75, 3.05) is 19.6 Å². The number of nitrogens with zero attached hydrogens (tertiary/aromatic N) is 1. The minimum atomic E-state index is -0.128. The van der Waals surface area contributed by atoms with Crippen molar-refractivity contribution < 1.29 is 4.79 Å². The first-order valence-electron chi connectivity index (χ1n) is 7.38. The number of carbonyl (C=O) groups excluding carboxylic acids is 1. The van der Waals surface area contributed by atoms with Crippen LogP contribution < -0.4 is 11.1 Å². The van der Waals surface area contributed by atoms with Crippen molar-refractivity contribution in [3.8, 4) is 0 Å². The molecule has 1 aromatic rings. The van der Waals surface area contributed by atoms with Gasteiger partial charge in [-0.1, -0.05) is 45.0 Å². The molecule has 112 valence electrons. The molecule has 3 N–H and O–H groups in total. The van der Waals surface area contributed by atoms with Gasteiger partial charge in [-0.25, -0.2) is 0 Å². The van der Waals surface area contributed by atoms with Crippen molar-refractivity contribution in [1.29, 1.82) is 0 Å². The molecule has 1 aromatic carbocycles. The number of hydrogen-bond acceptors (Lipinski definition) is 3. The Morgan fingerprint density at radius 2 is 1.75 bits per heavy atom. The highest BCUT2D eigenvalue weighted by Crippen LogP contribution is 2.07. The van der Waals surface area contributed by atoms with Gasteiger partial charge in [-0.05, 0) is 24.2 Å². The van der Waals surface area contributed by atoms with E-state index in [1.165, 1.54) is 5.56 Å². The molecule has 0 aromatic heterocycles. The minimum absolute atomic E-state index is 0.0136. The lowest BCUT2D eigenvalue weighted by molar-refractivity contribution is -0.124. The van der Waals surface area contributed by atoms with Crippen LogP contribution in [-0.2, 0) is 17.9 Å². The third kappa shape index (κ3) is 5.31. The standard InChI is InChI=1S/C16H27N3O/c1-4-19(5-2)12-15-8-6-14(7-9-15)11-18-16(20)13(3)10-17/h6-9,13H,4-5,10-12,17H2,1-3H3,(H,18,20). The Labute approximate surface area is 122 Å². The van der Waals surface area contributed by atoms with Gasteiger partial charge in [0.05, 0.1) is 0 Å². The Morgan fingerprint density at radius 3 is 2.25 bits per heavy atom. The summed E-state index contributed by atoms with van der Waals surface area (Å²) in [6, 6.07) is 8.41. The molecule has 0 radical (unpaired) electrons. The van der Waals surface area contributed by atoms with E-state index in [1.54, 1.807) is 0 Å². The molecule has 1 amide bonds. The van der Waals surface area contributed by atoms with Crippen LogP contribution in [0.1, 0.15) is 31.9 Å². The molecule has 0 saturated heterocycles. The predicted molar refractivity (Wildman–Crippen MR) is 83.1 cm³/mol. The first kappa shape index (κ1) is 16.7. The second-order valence-corrected chi connectivity index (χ2v) is 5.13. The van der Waals surface area contributed by atoms with Crippen molar-refractivity contribution in [3.05, 3.63) is 35.4 Å². The summed E-state index contributed by atoms with van der Waals surface area (Å²) in [4.78, 5) is 14.0. The quantitative estimate of drug-likeness (QED) is 0.761. The van der Waals surface area contributed by atoms with Crippen molar-refractivity contribution in [2.24, 2.45) is 11.7 Å². The Bertz CT molecular complexity index is 399. The molecule has 1 atom stereocenters. The van der Waals surface area contributed by atoms with E-state index >= 15 is 0 Å². The molecular formula is C16H27N3O. The van der Waals surface area contributed by atoms with Crippen LogP contribution in [0.3, 0.4) is 0 Å². The van der Waals surface area contributed by atoms with E-state index in [9.17, 15) is 4.79 Å². The number of amides is 1. The highest BCUT2D eigenvalue weighted by molar-refractivity contribution is 5.78. The van der Waals surface area contributed by atoms with Gasteiger partial charge in [0.15, 0.2) is 0 Å². The van der Waals surface area contributed by atoms with Crippen LogP contribution in [0.2, 0.25) is 0 Å². The molecule has 0 heterocycles. The monoisotopic (exact) mass is 277 g/mol. The largest absolute Gasteiger partial charge is 0.352 e. The Hall–Kier alpha value is -1.39. The van der Waals surface area contributed by atoms with Gasteiger partial charge in [-0.2, -0.15) is 0 Å². The fraction of sp³-hybridized carbons (Fsp3) is 0.562. The Morgan fingerprint density at radius 1 is 1.20 bits per heavy atom. The van der Waals surface area contributed by atoms with E-state index in [1.807, 2.05) is 6.92 Å². The molecule has 0 aliphatic heterocycles. The van der Waals surface area contributed by atoms with Crippen LogP contribution in [0.5, 0.6) is 0 Å². The lowest BCUT2D eigenvalue weighted by atomic mass is 10.1. The average Bonchev–Trinajstić information content (AvgIpc) is 2.50. The summed E-state index contributed by atoms with van der Waals surface area (Å²) < 4.78 is 0. The number of hydrogen-bond donors (Lipinski definition) is 2. The summed E-state index contributed by atoms with van der Waals surface area (Å²) in [6.07, 6.45) is 0. The van der Waals surface area contributed by atoms with Gasteiger partial charge in [0.2, 0.25) is 5.91 Å². The van der Waals surface area contributed by atoms with Crippen molar-refractivity contribution >= 4 is 5.91 Å². The Kier molecular flexibility index (Phi) is 7.26.